The van der Waals surface area contributed by atoms with Crippen molar-refractivity contribution in [2.45, 2.75) is 11.8 Å². The number of benzene rings is 2. The van der Waals surface area contributed by atoms with Gasteiger partial charge >= 0.3 is 0 Å². The number of nitro benzene ring substituents is 1. The van der Waals surface area contributed by atoms with Crippen LogP contribution < -0.4 is 9.83 Å². The highest BCUT2D eigenvalue weighted by Crippen LogP contribution is 2.28. The first-order valence-corrected chi connectivity index (χ1v) is 8.23. The normalized spacial score (nSPS) is 11.2. The van der Waals surface area contributed by atoms with Crippen LogP contribution in [0.4, 0.5) is 11.4 Å². The van der Waals surface area contributed by atoms with Crippen LogP contribution in [-0.2, 0) is 10.0 Å². The first-order chi connectivity index (χ1) is 10.2. The molecule has 0 amide bonds. The quantitative estimate of drug-likeness (QED) is 0.641. The fourth-order valence-corrected chi connectivity index (χ4v) is 3.09. The fraction of sp³-hybridized carbons (Fsp3) is 0.0769. The minimum Gasteiger partial charge on any atom is -0.871 e. The maximum atomic E-state index is 12.3. The van der Waals surface area contributed by atoms with Crippen molar-refractivity contribution in [2.24, 2.45) is 0 Å². The van der Waals surface area contributed by atoms with Crippen LogP contribution in [0.2, 0.25) is 0 Å². The Morgan fingerprint density at radius 2 is 1.86 bits per heavy atom. The van der Waals surface area contributed by atoms with Crippen LogP contribution >= 0.6 is 15.9 Å². The molecule has 0 aliphatic rings. The summed E-state index contributed by atoms with van der Waals surface area (Å²) < 4.78 is 27.4. The second kappa shape index (κ2) is 5.93. The van der Waals surface area contributed by atoms with E-state index in [0.29, 0.717) is 5.56 Å². The maximum Gasteiger partial charge on any atom is 0.271 e. The van der Waals surface area contributed by atoms with Crippen molar-refractivity contribution in [1.82, 2.24) is 0 Å². The predicted molar refractivity (Wildman–Crippen MR) is 82.2 cm³/mol. The van der Waals surface area contributed by atoms with E-state index >= 15 is 0 Å². The summed E-state index contributed by atoms with van der Waals surface area (Å²) in [5.74, 6) is -0.650. The van der Waals surface area contributed by atoms with Gasteiger partial charge in [-0.3, -0.25) is 14.8 Å². The molecule has 0 aromatic heterocycles. The lowest BCUT2D eigenvalue weighted by Gasteiger charge is -2.15. The van der Waals surface area contributed by atoms with E-state index in [-0.39, 0.29) is 16.3 Å². The standard InChI is InChI=1S/C13H11BrN2O5S/c1-8-6-10(3-4-11(8)14)22(20,21)15-12-7-9(16(18)19)2-5-13(12)17/h2-7,15,17H,1H3/p-1. The van der Waals surface area contributed by atoms with Gasteiger partial charge in [0.15, 0.2) is 0 Å². The average Bonchev–Trinajstić information content (AvgIpc) is 2.43. The van der Waals surface area contributed by atoms with Gasteiger partial charge in [-0.05, 0) is 30.7 Å². The molecule has 116 valence electrons. The smallest absolute Gasteiger partial charge is 0.271 e. The van der Waals surface area contributed by atoms with Crippen LogP contribution in [0.5, 0.6) is 5.75 Å². The number of hydrogen-bond acceptors (Lipinski definition) is 5. The Labute approximate surface area is 134 Å². The minimum atomic E-state index is -4.01. The molecule has 22 heavy (non-hydrogen) atoms. The SMILES string of the molecule is Cc1cc(S(=O)(=O)Nc2cc([N+](=O)[O-])ccc2[O-])ccc1Br. The summed E-state index contributed by atoms with van der Waals surface area (Å²) in [6.45, 7) is 1.72. The Hall–Kier alpha value is -2.13. The molecule has 2 rings (SSSR count). The first kappa shape index (κ1) is 16.2. The van der Waals surface area contributed by atoms with E-state index in [1.165, 1.54) is 12.1 Å². The highest BCUT2D eigenvalue weighted by Gasteiger charge is 2.17. The Balaban J connectivity index is 2.42. The third-order valence-corrected chi connectivity index (χ3v) is 5.11. The monoisotopic (exact) mass is 385 g/mol. The van der Waals surface area contributed by atoms with E-state index in [1.807, 2.05) is 0 Å². The second-order valence-electron chi connectivity index (χ2n) is 4.45. The fourth-order valence-electron chi connectivity index (χ4n) is 1.70. The Morgan fingerprint density at radius 3 is 2.45 bits per heavy atom. The highest BCUT2D eigenvalue weighted by atomic mass is 79.9. The lowest BCUT2D eigenvalue weighted by Crippen LogP contribution is -2.14. The van der Waals surface area contributed by atoms with Crippen molar-refractivity contribution in [3.05, 3.63) is 56.5 Å². The van der Waals surface area contributed by atoms with Gasteiger partial charge in [0.25, 0.3) is 15.7 Å². The number of sulfonamides is 1. The molecule has 0 fully saturated rings. The zero-order chi connectivity index (χ0) is 16.5. The number of nitrogens with one attached hydrogen (secondary N) is 1. The molecule has 0 heterocycles. The first-order valence-electron chi connectivity index (χ1n) is 5.95. The molecule has 2 aromatic rings. The molecular weight excluding hydrogens is 376 g/mol. The highest BCUT2D eigenvalue weighted by molar-refractivity contribution is 9.10. The predicted octanol–water partition coefficient (Wildman–Crippen LogP) is 2.54. The third-order valence-electron chi connectivity index (χ3n) is 2.86. The van der Waals surface area contributed by atoms with Crippen molar-refractivity contribution in [1.29, 1.82) is 0 Å². The Morgan fingerprint density at radius 1 is 1.18 bits per heavy atom. The van der Waals surface area contributed by atoms with E-state index in [0.717, 1.165) is 22.7 Å². The zero-order valence-corrected chi connectivity index (χ0v) is 13.6. The second-order valence-corrected chi connectivity index (χ2v) is 6.99. The van der Waals surface area contributed by atoms with E-state index < -0.39 is 20.7 Å². The summed E-state index contributed by atoms with van der Waals surface area (Å²) >= 11 is 3.26. The molecule has 0 spiro atoms. The van der Waals surface area contributed by atoms with E-state index in [2.05, 4.69) is 20.7 Å². The van der Waals surface area contributed by atoms with Gasteiger partial charge in [-0.15, -0.1) is 0 Å². The van der Waals surface area contributed by atoms with Crippen LogP contribution in [0, 0.1) is 17.0 Å². The summed E-state index contributed by atoms with van der Waals surface area (Å²) in [4.78, 5) is 9.95. The maximum absolute atomic E-state index is 12.3. The molecule has 0 radical (unpaired) electrons. The van der Waals surface area contributed by atoms with Crippen molar-refractivity contribution < 1.29 is 18.4 Å². The zero-order valence-electron chi connectivity index (χ0n) is 11.2. The summed E-state index contributed by atoms with van der Waals surface area (Å²) in [5, 5.41) is 22.4. The number of rotatable bonds is 4. The van der Waals surface area contributed by atoms with Crippen LogP contribution in [-0.4, -0.2) is 13.3 Å². The van der Waals surface area contributed by atoms with Gasteiger partial charge in [-0.1, -0.05) is 27.7 Å². The molecule has 2 aromatic carbocycles. The van der Waals surface area contributed by atoms with Crippen molar-refractivity contribution in [2.75, 3.05) is 4.72 Å². The lowest BCUT2D eigenvalue weighted by molar-refractivity contribution is -0.385. The van der Waals surface area contributed by atoms with Gasteiger partial charge in [0, 0.05) is 22.3 Å². The van der Waals surface area contributed by atoms with Gasteiger partial charge in [-0.25, -0.2) is 8.42 Å². The van der Waals surface area contributed by atoms with Crippen molar-refractivity contribution in [3.8, 4) is 5.75 Å². The number of nitrogens with zero attached hydrogens (tertiary/aromatic N) is 1. The van der Waals surface area contributed by atoms with Gasteiger partial charge in [-0.2, -0.15) is 0 Å². The van der Waals surface area contributed by atoms with E-state index in [1.54, 1.807) is 13.0 Å². The third kappa shape index (κ3) is 3.37. The van der Waals surface area contributed by atoms with Crippen LogP contribution in [0.25, 0.3) is 0 Å². The van der Waals surface area contributed by atoms with Crippen LogP contribution in [0.15, 0.2) is 45.8 Å². The van der Waals surface area contributed by atoms with Crippen molar-refractivity contribution in [3.63, 3.8) is 0 Å². The van der Waals surface area contributed by atoms with E-state index in [9.17, 15) is 23.6 Å². The molecule has 0 aliphatic carbocycles. The molecule has 1 N–H and O–H groups in total. The Bertz CT molecular complexity index is 852. The molecule has 0 saturated heterocycles. The molecule has 7 nitrogen and oxygen atoms in total. The van der Waals surface area contributed by atoms with Crippen LogP contribution in [0.1, 0.15) is 5.56 Å². The summed E-state index contributed by atoms with van der Waals surface area (Å²) in [6.07, 6.45) is 0. The molecule has 0 saturated carbocycles. The number of anilines is 1. The summed E-state index contributed by atoms with van der Waals surface area (Å²) in [6, 6.07) is 7.21. The van der Waals surface area contributed by atoms with Gasteiger partial charge in [0.2, 0.25) is 0 Å². The number of aryl methyl sites for hydroxylation is 1. The number of nitro groups is 1. The summed E-state index contributed by atoms with van der Waals surface area (Å²) in [5.41, 5.74) is -0.0386. The molecular formula is C13H10BrN2O5S-. The molecule has 0 bridgehead atoms. The van der Waals surface area contributed by atoms with Gasteiger partial charge in [0.1, 0.15) is 0 Å². The molecule has 9 heteroatoms. The molecule has 0 atom stereocenters. The largest absolute Gasteiger partial charge is 0.871 e. The lowest BCUT2D eigenvalue weighted by atomic mass is 10.2. The van der Waals surface area contributed by atoms with Gasteiger partial charge < -0.3 is 5.11 Å². The van der Waals surface area contributed by atoms with E-state index in [4.69, 9.17) is 0 Å². The number of hydrogen-bond donors (Lipinski definition) is 1. The minimum absolute atomic E-state index is 0.0425. The topological polar surface area (TPSA) is 112 Å². The average molecular weight is 386 g/mol. The van der Waals surface area contributed by atoms with Gasteiger partial charge in [0.05, 0.1) is 9.82 Å². The molecule has 0 aliphatic heterocycles. The molecule has 0 unspecified atom stereocenters. The summed E-state index contributed by atoms with van der Waals surface area (Å²) in [7, 11) is -4.01. The Kier molecular flexibility index (Phi) is 4.38. The van der Waals surface area contributed by atoms with Crippen molar-refractivity contribution >= 4 is 37.3 Å². The van der Waals surface area contributed by atoms with Crippen LogP contribution in [0.3, 0.4) is 0 Å². The number of halogens is 1. The number of non-ortho nitro benzene ring substituents is 1.